The minimum absolute atomic E-state index is 0.00816. The fourth-order valence-corrected chi connectivity index (χ4v) is 2.55. The summed E-state index contributed by atoms with van der Waals surface area (Å²) in [5.41, 5.74) is 1.15. The highest BCUT2D eigenvalue weighted by Gasteiger charge is 2.19. The fraction of sp³-hybridized carbons (Fsp3) is 0.368. The molecule has 0 bridgehead atoms. The molecule has 1 heterocycles. The Kier molecular flexibility index (Phi) is 5.43. The molecule has 0 radical (unpaired) electrons. The smallest absolute Gasteiger partial charge is 0.161 e. The average Bonchev–Trinajstić information content (AvgIpc) is 2.62. The number of benzene rings is 2. The average molecular weight is 329 g/mol. The Labute approximate surface area is 142 Å². The molecule has 0 saturated carbocycles. The van der Waals surface area contributed by atoms with Crippen molar-refractivity contribution in [1.29, 1.82) is 0 Å². The van der Waals surface area contributed by atoms with Crippen LogP contribution < -0.4 is 24.3 Å². The molecule has 1 atom stereocenters. The van der Waals surface area contributed by atoms with E-state index in [1.165, 1.54) is 0 Å². The third-order valence-electron chi connectivity index (χ3n) is 3.80. The minimum Gasteiger partial charge on any atom is -0.493 e. The van der Waals surface area contributed by atoms with Gasteiger partial charge in [-0.2, -0.15) is 0 Å². The van der Waals surface area contributed by atoms with Gasteiger partial charge in [-0.05, 0) is 36.8 Å². The normalized spacial score (nSPS) is 15.8. The predicted molar refractivity (Wildman–Crippen MR) is 92.4 cm³/mol. The van der Waals surface area contributed by atoms with E-state index in [0.29, 0.717) is 19.8 Å². The summed E-state index contributed by atoms with van der Waals surface area (Å²) in [6.07, 6.45) is 0.00816. The summed E-state index contributed by atoms with van der Waals surface area (Å²) in [7, 11) is 1.65. The van der Waals surface area contributed by atoms with Crippen LogP contribution in [-0.2, 0) is 0 Å². The number of para-hydroxylation sites is 2. The van der Waals surface area contributed by atoms with Crippen molar-refractivity contribution in [3.63, 3.8) is 0 Å². The lowest BCUT2D eigenvalue weighted by molar-refractivity contribution is 0.0897. The molecular weight excluding hydrogens is 306 g/mol. The van der Waals surface area contributed by atoms with E-state index in [4.69, 9.17) is 18.9 Å². The summed E-state index contributed by atoms with van der Waals surface area (Å²) in [6, 6.07) is 13.6. The van der Waals surface area contributed by atoms with Crippen molar-refractivity contribution in [2.75, 3.05) is 33.4 Å². The third kappa shape index (κ3) is 4.11. The lowest BCUT2D eigenvalue weighted by atomic mass is 10.2. The molecule has 0 aromatic heterocycles. The highest BCUT2D eigenvalue weighted by molar-refractivity contribution is 5.42. The summed E-state index contributed by atoms with van der Waals surface area (Å²) in [5, 5.41) is 3.33. The van der Waals surface area contributed by atoms with Crippen molar-refractivity contribution in [3.8, 4) is 23.0 Å². The van der Waals surface area contributed by atoms with E-state index in [1.54, 1.807) is 7.11 Å². The second kappa shape index (κ2) is 7.93. The van der Waals surface area contributed by atoms with Crippen LogP contribution in [0.25, 0.3) is 0 Å². The summed E-state index contributed by atoms with van der Waals surface area (Å²) in [6.45, 7) is 4.57. The number of ether oxygens (including phenoxy) is 4. The van der Waals surface area contributed by atoms with Gasteiger partial charge in [-0.25, -0.2) is 0 Å². The monoisotopic (exact) mass is 329 g/mol. The van der Waals surface area contributed by atoms with Gasteiger partial charge in [0, 0.05) is 13.1 Å². The van der Waals surface area contributed by atoms with Gasteiger partial charge in [0.1, 0.15) is 19.3 Å². The van der Waals surface area contributed by atoms with Gasteiger partial charge in [0.25, 0.3) is 0 Å². The summed E-state index contributed by atoms with van der Waals surface area (Å²) in [4.78, 5) is 0. The van der Waals surface area contributed by atoms with Crippen molar-refractivity contribution in [3.05, 3.63) is 48.0 Å². The number of nitrogens with one attached hydrogen (secondary N) is 1. The van der Waals surface area contributed by atoms with E-state index >= 15 is 0 Å². The van der Waals surface area contributed by atoms with E-state index in [0.717, 1.165) is 35.1 Å². The zero-order chi connectivity index (χ0) is 16.8. The quantitative estimate of drug-likeness (QED) is 0.792. The molecule has 0 unspecified atom stereocenters. The first-order chi connectivity index (χ1) is 11.8. The van der Waals surface area contributed by atoms with Crippen molar-refractivity contribution >= 4 is 0 Å². The standard InChI is InChI=1S/C19H23NO4/c1-14-7-8-17(19(11-14)21-2)22-10-9-20-12-15-13-23-16-5-3-4-6-18(16)24-15/h3-8,11,15,20H,9-10,12-13H2,1-2H3/t15-/m0/s1. The number of hydrogen-bond acceptors (Lipinski definition) is 5. The van der Waals surface area contributed by atoms with E-state index in [-0.39, 0.29) is 6.10 Å². The molecule has 1 aliphatic heterocycles. The molecule has 3 rings (SSSR count). The largest absolute Gasteiger partial charge is 0.493 e. The van der Waals surface area contributed by atoms with E-state index in [2.05, 4.69) is 5.32 Å². The Morgan fingerprint density at radius 3 is 2.79 bits per heavy atom. The molecule has 0 spiro atoms. The second-order valence-corrected chi connectivity index (χ2v) is 5.70. The van der Waals surface area contributed by atoms with Crippen LogP contribution in [0.15, 0.2) is 42.5 Å². The van der Waals surface area contributed by atoms with Gasteiger partial charge < -0.3 is 24.3 Å². The topological polar surface area (TPSA) is 49.0 Å². The van der Waals surface area contributed by atoms with Crippen LogP contribution in [0.1, 0.15) is 5.56 Å². The van der Waals surface area contributed by atoms with Crippen molar-refractivity contribution in [2.45, 2.75) is 13.0 Å². The molecule has 2 aromatic carbocycles. The van der Waals surface area contributed by atoms with Gasteiger partial charge >= 0.3 is 0 Å². The van der Waals surface area contributed by atoms with Gasteiger partial charge in [-0.1, -0.05) is 18.2 Å². The molecule has 0 saturated heterocycles. The molecule has 24 heavy (non-hydrogen) atoms. The maximum atomic E-state index is 5.90. The Morgan fingerprint density at radius 2 is 1.96 bits per heavy atom. The third-order valence-corrected chi connectivity index (χ3v) is 3.80. The van der Waals surface area contributed by atoms with Gasteiger partial charge in [-0.3, -0.25) is 0 Å². The summed E-state index contributed by atoms with van der Waals surface area (Å²) in [5.74, 6) is 3.13. The highest BCUT2D eigenvalue weighted by atomic mass is 16.6. The maximum absolute atomic E-state index is 5.90. The molecule has 1 N–H and O–H groups in total. The Hall–Kier alpha value is -2.40. The zero-order valence-electron chi connectivity index (χ0n) is 14.1. The fourth-order valence-electron chi connectivity index (χ4n) is 2.55. The molecule has 5 nitrogen and oxygen atoms in total. The molecule has 0 amide bonds. The van der Waals surface area contributed by atoms with Gasteiger partial charge in [0.15, 0.2) is 23.0 Å². The number of hydrogen-bond donors (Lipinski definition) is 1. The predicted octanol–water partition coefficient (Wildman–Crippen LogP) is 2.81. The van der Waals surface area contributed by atoms with Crippen LogP contribution in [-0.4, -0.2) is 39.5 Å². The molecule has 5 heteroatoms. The van der Waals surface area contributed by atoms with Gasteiger partial charge in [-0.15, -0.1) is 0 Å². The second-order valence-electron chi connectivity index (χ2n) is 5.70. The van der Waals surface area contributed by atoms with Crippen molar-refractivity contribution in [2.24, 2.45) is 0 Å². The van der Waals surface area contributed by atoms with Gasteiger partial charge in [0.2, 0.25) is 0 Å². The first-order valence-corrected chi connectivity index (χ1v) is 8.13. The lowest BCUT2D eigenvalue weighted by Crippen LogP contribution is -2.39. The number of aryl methyl sites for hydroxylation is 1. The number of methoxy groups -OCH3 is 1. The first-order valence-electron chi connectivity index (χ1n) is 8.13. The Balaban J connectivity index is 1.39. The van der Waals surface area contributed by atoms with E-state index in [9.17, 15) is 0 Å². The van der Waals surface area contributed by atoms with E-state index in [1.807, 2.05) is 49.4 Å². The molecule has 128 valence electrons. The van der Waals surface area contributed by atoms with Gasteiger partial charge in [0.05, 0.1) is 7.11 Å². The minimum atomic E-state index is 0.00816. The summed E-state index contributed by atoms with van der Waals surface area (Å²) < 4.78 is 22.7. The zero-order valence-corrected chi connectivity index (χ0v) is 14.1. The maximum Gasteiger partial charge on any atom is 0.161 e. The molecule has 0 aliphatic carbocycles. The van der Waals surface area contributed by atoms with Crippen LogP contribution in [0.5, 0.6) is 23.0 Å². The van der Waals surface area contributed by atoms with Crippen molar-refractivity contribution in [1.82, 2.24) is 5.32 Å². The Morgan fingerprint density at radius 1 is 1.12 bits per heavy atom. The van der Waals surface area contributed by atoms with Crippen LogP contribution in [0.4, 0.5) is 0 Å². The van der Waals surface area contributed by atoms with Crippen LogP contribution in [0.2, 0.25) is 0 Å². The molecule has 2 aromatic rings. The van der Waals surface area contributed by atoms with Crippen LogP contribution >= 0.6 is 0 Å². The summed E-state index contributed by atoms with van der Waals surface area (Å²) >= 11 is 0. The first kappa shape index (κ1) is 16.5. The number of fused-ring (bicyclic) bond motifs is 1. The highest BCUT2D eigenvalue weighted by Crippen LogP contribution is 2.30. The lowest BCUT2D eigenvalue weighted by Gasteiger charge is -2.26. The SMILES string of the molecule is COc1cc(C)ccc1OCCNC[C@H]1COc2ccccc2O1. The molecule has 1 aliphatic rings. The van der Waals surface area contributed by atoms with Crippen LogP contribution in [0.3, 0.4) is 0 Å². The van der Waals surface area contributed by atoms with Crippen LogP contribution in [0, 0.1) is 6.92 Å². The number of rotatable bonds is 7. The van der Waals surface area contributed by atoms with Crippen molar-refractivity contribution < 1.29 is 18.9 Å². The molecular formula is C19H23NO4. The van der Waals surface area contributed by atoms with E-state index < -0.39 is 0 Å². The molecule has 0 fully saturated rings. The Bertz CT molecular complexity index is 674.